The topological polar surface area (TPSA) is 38.0 Å². The van der Waals surface area contributed by atoms with Crippen molar-refractivity contribution in [1.82, 2.24) is 5.32 Å². The lowest BCUT2D eigenvalue weighted by atomic mass is 9.83. The van der Waals surface area contributed by atoms with Gasteiger partial charge in [-0.15, -0.1) is 0 Å². The zero-order valence-electron chi connectivity index (χ0n) is 11.6. The fraction of sp³-hybridized carbons (Fsp3) is 0.600. The molecule has 0 aliphatic rings. The van der Waals surface area contributed by atoms with Gasteiger partial charge in [-0.05, 0) is 23.5 Å². The van der Waals surface area contributed by atoms with Crippen LogP contribution >= 0.6 is 0 Å². The third-order valence-electron chi connectivity index (χ3n) is 3.58. The van der Waals surface area contributed by atoms with Crippen LogP contribution in [0, 0.1) is 0 Å². The van der Waals surface area contributed by atoms with E-state index in [0.717, 1.165) is 6.54 Å². The number of hydrogen-bond acceptors (Lipinski definition) is 2. The van der Waals surface area contributed by atoms with Gasteiger partial charge in [0.1, 0.15) is 0 Å². The van der Waals surface area contributed by atoms with E-state index in [4.69, 9.17) is 5.73 Å². The number of nitrogens with one attached hydrogen (secondary N) is 1. The molecule has 0 aliphatic carbocycles. The molecule has 0 aromatic heterocycles. The lowest BCUT2D eigenvalue weighted by Gasteiger charge is -2.26. The Kier molecular flexibility index (Phi) is 5.16. The Labute approximate surface area is 106 Å². The molecule has 0 saturated heterocycles. The van der Waals surface area contributed by atoms with Crippen molar-refractivity contribution in [3.63, 3.8) is 0 Å². The highest BCUT2D eigenvalue weighted by molar-refractivity contribution is 5.30. The molecule has 1 atom stereocenters. The van der Waals surface area contributed by atoms with E-state index in [1.807, 2.05) is 0 Å². The molecule has 0 amide bonds. The van der Waals surface area contributed by atoms with Crippen LogP contribution in [0.3, 0.4) is 0 Å². The second-order valence-corrected chi connectivity index (χ2v) is 5.45. The maximum absolute atomic E-state index is 5.48. The van der Waals surface area contributed by atoms with E-state index in [9.17, 15) is 0 Å². The quantitative estimate of drug-likeness (QED) is 0.743. The summed E-state index contributed by atoms with van der Waals surface area (Å²) >= 11 is 0. The summed E-state index contributed by atoms with van der Waals surface area (Å²) in [6.07, 6.45) is 1.19. The fourth-order valence-corrected chi connectivity index (χ4v) is 1.99. The van der Waals surface area contributed by atoms with Crippen molar-refractivity contribution in [3.8, 4) is 0 Å². The van der Waals surface area contributed by atoms with Crippen LogP contribution in [0.2, 0.25) is 0 Å². The van der Waals surface area contributed by atoms with E-state index in [2.05, 4.69) is 57.3 Å². The summed E-state index contributed by atoms with van der Waals surface area (Å²) in [4.78, 5) is 0. The van der Waals surface area contributed by atoms with Crippen LogP contribution in [0.15, 0.2) is 24.3 Å². The maximum Gasteiger partial charge on any atom is 0.0429 e. The Morgan fingerprint density at radius 2 is 1.82 bits per heavy atom. The summed E-state index contributed by atoms with van der Waals surface area (Å²) in [6, 6.07) is 9.01. The molecule has 0 saturated carbocycles. The first kappa shape index (κ1) is 14.2. The molecule has 0 fully saturated rings. The Bertz CT molecular complexity index is 327. The van der Waals surface area contributed by atoms with Crippen molar-refractivity contribution in [2.24, 2.45) is 5.73 Å². The summed E-state index contributed by atoms with van der Waals surface area (Å²) in [5, 5.41) is 3.21. The van der Waals surface area contributed by atoms with Crippen LogP contribution < -0.4 is 11.1 Å². The van der Waals surface area contributed by atoms with Gasteiger partial charge in [0.05, 0.1) is 0 Å². The number of rotatable bonds is 6. The lowest BCUT2D eigenvalue weighted by molar-refractivity contribution is 0.474. The van der Waals surface area contributed by atoms with Gasteiger partial charge >= 0.3 is 0 Å². The van der Waals surface area contributed by atoms with Gasteiger partial charge in [-0.3, -0.25) is 0 Å². The normalized spacial score (nSPS) is 13.7. The molecule has 0 heterocycles. The van der Waals surface area contributed by atoms with Crippen LogP contribution in [0.4, 0.5) is 0 Å². The van der Waals surface area contributed by atoms with Crippen molar-refractivity contribution >= 4 is 0 Å². The zero-order valence-corrected chi connectivity index (χ0v) is 11.6. The molecule has 1 aromatic rings. The Morgan fingerprint density at radius 3 is 2.29 bits per heavy atom. The van der Waals surface area contributed by atoms with Gasteiger partial charge < -0.3 is 11.1 Å². The SMILES string of the molecule is CCC(C)c1ccc(C(C)(C)CNCN)cc1. The van der Waals surface area contributed by atoms with E-state index in [0.29, 0.717) is 12.6 Å². The van der Waals surface area contributed by atoms with Crippen molar-refractivity contribution in [3.05, 3.63) is 35.4 Å². The lowest BCUT2D eigenvalue weighted by Crippen LogP contribution is -2.35. The van der Waals surface area contributed by atoms with Crippen molar-refractivity contribution in [2.75, 3.05) is 13.2 Å². The molecule has 1 rings (SSSR count). The summed E-state index contributed by atoms with van der Waals surface area (Å²) in [7, 11) is 0. The summed E-state index contributed by atoms with van der Waals surface area (Å²) in [6.45, 7) is 10.4. The average molecular weight is 234 g/mol. The van der Waals surface area contributed by atoms with E-state index in [-0.39, 0.29) is 5.41 Å². The Morgan fingerprint density at radius 1 is 1.24 bits per heavy atom. The summed E-state index contributed by atoms with van der Waals surface area (Å²) in [5.74, 6) is 0.648. The first-order valence-electron chi connectivity index (χ1n) is 6.52. The van der Waals surface area contributed by atoms with Crippen molar-refractivity contribution in [2.45, 2.75) is 45.4 Å². The van der Waals surface area contributed by atoms with E-state index in [1.165, 1.54) is 17.5 Å². The minimum atomic E-state index is 0.132. The van der Waals surface area contributed by atoms with Gasteiger partial charge in [0, 0.05) is 18.6 Å². The van der Waals surface area contributed by atoms with Gasteiger partial charge in [-0.25, -0.2) is 0 Å². The van der Waals surface area contributed by atoms with Crippen molar-refractivity contribution < 1.29 is 0 Å². The molecule has 0 aliphatic heterocycles. The largest absolute Gasteiger partial charge is 0.318 e. The van der Waals surface area contributed by atoms with Crippen molar-refractivity contribution in [1.29, 1.82) is 0 Å². The predicted molar refractivity (Wildman–Crippen MR) is 75.2 cm³/mol. The molecular formula is C15H26N2. The molecule has 2 heteroatoms. The second-order valence-electron chi connectivity index (χ2n) is 5.45. The minimum Gasteiger partial charge on any atom is -0.318 e. The summed E-state index contributed by atoms with van der Waals surface area (Å²) in [5.41, 5.74) is 8.41. The van der Waals surface area contributed by atoms with Gasteiger partial charge in [-0.1, -0.05) is 52.0 Å². The minimum absolute atomic E-state index is 0.132. The highest BCUT2D eigenvalue weighted by Crippen LogP contribution is 2.25. The van der Waals surface area contributed by atoms with Gasteiger partial charge in [-0.2, -0.15) is 0 Å². The molecule has 17 heavy (non-hydrogen) atoms. The van der Waals surface area contributed by atoms with Gasteiger partial charge in [0.2, 0.25) is 0 Å². The number of benzene rings is 1. The molecule has 3 N–H and O–H groups in total. The maximum atomic E-state index is 5.48. The van der Waals surface area contributed by atoms with Gasteiger partial charge in [0.15, 0.2) is 0 Å². The molecule has 0 radical (unpaired) electrons. The first-order valence-corrected chi connectivity index (χ1v) is 6.52. The van der Waals surface area contributed by atoms with E-state index >= 15 is 0 Å². The standard InChI is InChI=1S/C15H26N2/c1-5-12(2)13-6-8-14(9-7-13)15(3,4)10-17-11-16/h6-9,12,17H,5,10-11,16H2,1-4H3. The molecule has 1 unspecified atom stereocenters. The molecule has 0 bridgehead atoms. The predicted octanol–water partition coefficient (Wildman–Crippen LogP) is 2.98. The average Bonchev–Trinajstić information content (AvgIpc) is 2.35. The number of nitrogens with two attached hydrogens (primary N) is 1. The number of hydrogen-bond donors (Lipinski definition) is 2. The second kappa shape index (κ2) is 6.18. The van der Waals surface area contributed by atoms with Crippen LogP contribution in [0.25, 0.3) is 0 Å². The Hall–Kier alpha value is -0.860. The zero-order chi connectivity index (χ0) is 12.9. The fourth-order valence-electron chi connectivity index (χ4n) is 1.99. The highest BCUT2D eigenvalue weighted by atomic mass is 15.0. The molecule has 2 nitrogen and oxygen atoms in total. The van der Waals surface area contributed by atoms with Crippen LogP contribution in [-0.4, -0.2) is 13.2 Å². The van der Waals surface area contributed by atoms with Crippen LogP contribution in [0.1, 0.15) is 51.2 Å². The van der Waals surface area contributed by atoms with Gasteiger partial charge in [0.25, 0.3) is 0 Å². The Balaban J connectivity index is 2.79. The highest BCUT2D eigenvalue weighted by Gasteiger charge is 2.19. The first-order chi connectivity index (χ1) is 8.01. The molecule has 96 valence electrons. The van der Waals surface area contributed by atoms with Crippen LogP contribution in [-0.2, 0) is 5.41 Å². The summed E-state index contributed by atoms with van der Waals surface area (Å²) < 4.78 is 0. The third kappa shape index (κ3) is 3.83. The van der Waals surface area contributed by atoms with E-state index < -0.39 is 0 Å². The third-order valence-corrected chi connectivity index (χ3v) is 3.58. The van der Waals surface area contributed by atoms with Crippen LogP contribution in [0.5, 0.6) is 0 Å². The molecule has 0 spiro atoms. The molecule has 1 aromatic carbocycles. The monoisotopic (exact) mass is 234 g/mol. The van der Waals surface area contributed by atoms with E-state index in [1.54, 1.807) is 0 Å². The molecular weight excluding hydrogens is 208 g/mol. The smallest absolute Gasteiger partial charge is 0.0429 e.